The molecule has 1 fully saturated rings. The highest BCUT2D eigenvalue weighted by Gasteiger charge is 1.94. The fourth-order valence-corrected chi connectivity index (χ4v) is 0.510. The SMILES string of the molecule is C1CCOC1.CS(N)(=O)=O. The summed E-state index contributed by atoms with van der Waals surface area (Å²) in [5, 5.41) is 4.33. The Morgan fingerprint density at radius 2 is 1.60 bits per heavy atom. The fourth-order valence-electron chi connectivity index (χ4n) is 0.510. The smallest absolute Gasteiger partial charge is 0.206 e. The summed E-state index contributed by atoms with van der Waals surface area (Å²) in [5.74, 6) is 0. The Bertz CT molecular complexity index is 144. The van der Waals surface area contributed by atoms with Crippen LogP contribution < -0.4 is 5.14 Å². The predicted molar refractivity (Wildman–Crippen MR) is 39.1 cm³/mol. The second kappa shape index (κ2) is 4.65. The van der Waals surface area contributed by atoms with E-state index in [1.165, 1.54) is 12.8 Å². The zero-order valence-electron chi connectivity index (χ0n) is 6.04. The Balaban J connectivity index is 0.000000162. The molecule has 0 amide bonds. The lowest BCUT2D eigenvalue weighted by molar-refractivity contribution is 0.198. The Kier molecular flexibility index (Phi) is 4.59. The van der Waals surface area contributed by atoms with E-state index in [-0.39, 0.29) is 0 Å². The third-order valence-corrected chi connectivity index (χ3v) is 0.827. The first-order chi connectivity index (χ1) is 4.50. The normalized spacial score (nSPS) is 17.8. The van der Waals surface area contributed by atoms with E-state index in [0.717, 1.165) is 19.5 Å². The quantitative estimate of drug-likeness (QED) is 0.538. The molecule has 0 unspecified atom stereocenters. The number of rotatable bonds is 0. The second-order valence-corrected chi connectivity index (χ2v) is 3.81. The molecule has 62 valence electrons. The second-order valence-electron chi connectivity index (χ2n) is 2.15. The van der Waals surface area contributed by atoms with Crippen LogP contribution in [0, 0.1) is 0 Å². The minimum atomic E-state index is -3.17. The molecular weight excluding hydrogens is 154 g/mol. The molecule has 0 saturated carbocycles. The Hall–Kier alpha value is -0.130. The molecule has 0 aromatic carbocycles. The molecule has 0 aliphatic carbocycles. The highest BCUT2D eigenvalue weighted by Crippen LogP contribution is 1.98. The minimum absolute atomic E-state index is 0.938. The molecular formula is C5H13NO3S. The molecule has 0 aromatic heterocycles. The summed E-state index contributed by atoms with van der Waals surface area (Å²) >= 11 is 0. The molecule has 1 aliphatic rings. The first-order valence-electron chi connectivity index (χ1n) is 3.05. The summed E-state index contributed by atoms with van der Waals surface area (Å²) in [7, 11) is -3.17. The lowest BCUT2D eigenvalue weighted by Gasteiger charge is -1.76. The summed E-state index contributed by atoms with van der Waals surface area (Å²) in [4.78, 5) is 0. The third kappa shape index (κ3) is 15.7. The van der Waals surface area contributed by atoms with E-state index in [1.54, 1.807) is 0 Å². The molecule has 0 atom stereocenters. The zero-order chi connectivity index (χ0) is 8.04. The monoisotopic (exact) mass is 167 g/mol. The summed E-state index contributed by atoms with van der Waals surface area (Å²) in [6.45, 7) is 2.00. The molecule has 1 aliphatic heterocycles. The van der Waals surface area contributed by atoms with Gasteiger partial charge in [0.15, 0.2) is 0 Å². The first-order valence-corrected chi connectivity index (χ1v) is 5.01. The van der Waals surface area contributed by atoms with E-state index in [9.17, 15) is 8.42 Å². The minimum Gasteiger partial charge on any atom is -0.381 e. The maximum atomic E-state index is 9.41. The van der Waals surface area contributed by atoms with E-state index >= 15 is 0 Å². The van der Waals surface area contributed by atoms with Gasteiger partial charge in [0.05, 0.1) is 6.26 Å². The number of hydrogen-bond donors (Lipinski definition) is 1. The van der Waals surface area contributed by atoms with Gasteiger partial charge in [-0.3, -0.25) is 0 Å². The van der Waals surface area contributed by atoms with Gasteiger partial charge in [-0.1, -0.05) is 0 Å². The molecule has 1 saturated heterocycles. The number of sulfonamides is 1. The molecule has 5 heteroatoms. The van der Waals surface area contributed by atoms with Crippen molar-refractivity contribution in [1.29, 1.82) is 0 Å². The molecule has 1 rings (SSSR count). The van der Waals surface area contributed by atoms with Crippen molar-refractivity contribution in [2.24, 2.45) is 5.14 Å². The maximum absolute atomic E-state index is 9.41. The molecule has 4 nitrogen and oxygen atoms in total. The number of hydrogen-bond acceptors (Lipinski definition) is 3. The highest BCUT2D eigenvalue weighted by molar-refractivity contribution is 7.88. The van der Waals surface area contributed by atoms with Crippen LogP contribution in [0.1, 0.15) is 12.8 Å². The van der Waals surface area contributed by atoms with E-state index in [1.807, 2.05) is 0 Å². The van der Waals surface area contributed by atoms with Crippen LogP contribution in [0.5, 0.6) is 0 Å². The maximum Gasteiger partial charge on any atom is 0.206 e. The summed E-state index contributed by atoms with van der Waals surface area (Å²) in [6, 6.07) is 0. The molecule has 2 N–H and O–H groups in total. The van der Waals surface area contributed by atoms with Gasteiger partial charge in [0.2, 0.25) is 10.0 Å². The van der Waals surface area contributed by atoms with Crippen LogP contribution in [-0.2, 0) is 14.8 Å². The van der Waals surface area contributed by atoms with Gasteiger partial charge < -0.3 is 4.74 Å². The van der Waals surface area contributed by atoms with Crippen LogP contribution in [0.15, 0.2) is 0 Å². The van der Waals surface area contributed by atoms with Gasteiger partial charge >= 0.3 is 0 Å². The Labute approximate surface area is 61.4 Å². The summed E-state index contributed by atoms with van der Waals surface area (Å²) in [6.07, 6.45) is 3.49. The van der Waals surface area contributed by atoms with E-state index in [0.29, 0.717) is 0 Å². The van der Waals surface area contributed by atoms with Crippen LogP contribution in [0.2, 0.25) is 0 Å². The van der Waals surface area contributed by atoms with Crippen LogP contribution in [-0.4, -0.2) is 27.9 Å². The fraction of sp³-hybridized carbons (Fsp3) is 1.00. The molecule has 0 radical (unpaired) electrons. The number of nitrogens with two attached hydrogens (primary N) is 1. The van der Waals surface area contributed by atoms with Gasteiger partial charge in [0.1, 0.15) is 0 Å². The van der Waals surface area contributed by atoms with Crippen molar-refractivity contribution in [3.05, 3.63) is 0 Å². The van der Waals surface area contributed by atoms with Crippen molar-refractivity contribution in [1.82, 2.24) is 0 Å². The third-order valence-electron chi connectivity index (χ3n) is 0.827. The van der Waals surface area contributed by atoms with Crippen molar-refractivity contribution in [2.75, 3.05) is 19.5 Å². The van der Waals surface area contributed by atoms with Gasteiger partial charge in [-0.25, -0.2) is 13.6 Å². The van der Waals surface area contributed by atoms with Gasteiger partial charge in [0.25, 0.3) is 0 Å². The van der Waals surface area contributed by atoms with Crippen LogP contribution in [0.25, 0.3) is 0 Å². The van der Waals surface area contributed by atoms with Crippen LogP contribution in [0.4, 0.5) is 0 Å². The van der Waals surface area contributed by atoms with Crippen molar-refractivity contribution >= 4 is 10.0 Å². The van der Waals surface area contributed by atoms with Crippen LogP contribution in [0.3, 0.4) is 0 Å². The predicted octanol–water partition coefficient (Wildman–Crippen LogP) is -0.298. The average Bonchev–Trinajstić information content (AvgIpc) is 2.07. The van der Waals surface area contributed by atoms with E-state index < -0.39 is 10.0 Å². The number of ether oxygens (including phenoxy) is 1. The van der Waals surface area contributed by atoms with Gasteiger partial charge in [-0.2, -0.15) is 0 Å². The Morgan fingerprint density at radius 3 is 1.70 bits per heavy atom. The molecule has 0 spiro atoms. The summed E-state index contributed by atoms with van der Waals surface area (Å²) in [5.41, 5.74) is 0. The van der Waals surface area contributed by atoms with Crippen molar-refractivity contribution in [2.45, 2.75) is 12.8 Å². The molecule has 0 aromatic rings. The molecule has 0 bridgehead atoms. The largest absolute Gasteiger partial charge is 0.381 e. The van der Waals surface area contributed by atoms with Gasteiger partial charge in [0, 0.05) is 13.2 Å². The standard InChI is InChI=1S/C4H8O.CH5NO2S/c1-2-4-5-3-1;1-5(2,3)4/h1-4H2;1H3,(H2,2,3,4). The summed E-state index contributed by atoms with van der Waals surface area (Å²) < 4.78 is 23.8. The topological polar surface area (TPSA) is 69.4 Å². The van der Waals surface area contributed by atoms with Crippen LogP contribution >= 0.6 is 0 Å². The van der Waals surface area contributed by atoms with Gasteiger partial charge in [-0.05, 0) is 12.8 Å². The highest BCUT2D eigenvalue weighted by atomic mass is 32.2. The zero-order valence-corrected chi connectivity index (χ0v) is 6.86. The van der Waals surface area contributed by atoms with E-state index in [2.05, 4.69) is 5.14 Å². The first kappa shape index (κ1) is 9.87. The van der Waals surface area contributed by atoms with Crippen molar-refractivity contribution < 1.29 is 13.2 Å². The van der Waals surface area contributed by atoms with Crippen molar-refractivity contribution in [3.63, 3.8) is 0 Å². The van der Waals surface area contributed by atoms with Crippen molar-refractivity contribution in [3.8, 4) is 0 Å². The van der Waals surface area contributed by atoms with Gasteiger partial charge in [-0.15, -0.1) is 0 Å². The molecule has 10 heavy (non-hydrogen) atoms. The lowest BCUT2D eigenvalue weighted by atomic mass is 10.4. The molecule has 1 heterocycles. The van der Waals surface area contributed by atoms with E-state index in [4.69, 9.17) is 4.74 Å². The Morgan fingerprint density at radius 1 is 1.30 bits per heavy atom. The number of primary sulfonamides is 1. The average molecular weight is 167 g/mol. The lowest BCUT2D eigenvalue weighted by Crippen LogP contribution is -2.07.